The molecule has 1 fully saturated rings. The van der Waals surface area contributed by atoms with E-state index in [1.807, 2.05) is 16.6 Å². The van der Waals surface area contributed by atoms with Crippen molar-refractivity contribution in [2.24, 2.45) is 0 Å². The minimum absolute atomic E-state index is 0.0340. The Morgan fingerprint density at radius 3 is 3.19 bits per heavy atom. The third-order valence-electron chi connectivity index (χ3n) is 3.45. The quantitative estimate of drug-likeness (QED) is 0.818. The molecule has 0 saturated carbocycles. The minimum Gasteiger partial charge on any atom is -0.305 e. The molecule has 1 atom stereocenters. The third-order valence-corrected chi connectivity index (χ3v) is 3.45. The van der Waals surface area contributed by atoms with E-state index in [4.69, 9.17) is 0 Å². The molecule has 0 amide bonds. The van der Waals surface area contributed by atoms with Gasteiger partial charge in [-0.05, 0) is 37.9 Å². The van der Waals surface area contributed by atoms with Gasteiger partial charge in [-0.3, -0.25) is 0 Å². The molecule has 84 valence electrons. The Balaban J connectivity index is 2.17. The molecule has 2 aromatic heterocycles. The number of nitrogens with zero attached hydrogens (tertiary/aromatic N) is 4. The van der Waals surface area contributed by atoms with Crippen molar-refractivity contribution in [3.63, 3.8) is 0 Å². The maximum absolute atomic E-state index is 4.33. The van der Waals surface area contributed by atoms with Crippen LogP contribution in [0.3, 0.4) is 0 Å². The summed E-state index contributed by atoms with van der Waals surface area (Å²) in [5.74, 6) is 0.947. The van der Waals surface area contributed by atoms with Crippen molar-refractivity contribution in [2.45, 2.75) is 31.7 Å². The lowest BCUT2D eigenvalue weighted by Gasteiger charge is -2.25. The average molecular weight is 217 g/mol. The molecule has 1 aliphatic rings. The molecule has 1 unspecified atom stereocenters. The Morgan fingerprint density at radius 1 is 1.50 bits per heavy atom. The SMILES string of the molecule is CCC1(c2nnc3cccnn23)CCCN1. The third kappa shape index (κ3) is 1.24. The topological polar surface area (TPSA) is 55.1 Å². The van der Waals surface area contributed by atoms with E-state index in [0.717, 1.165) is 30.9 Å². The van der Waals surface area contributed by atoms with Crippen LogP contribution in [0.5, 0.6) is 0 Å². The molecule has 1 aliphatic heterocycles. The van der Waals surface area contributed by atoms with Crippen LogP contribution >= 0.6 is 0 Å². The molecule has 0 bridgehead atoms. The zero-order valence-electron chi connectivity index (χ0n) is 9.35. The number of hydrogen-bond donors (Lipinski definition) is 1. The first-order valence-electron chi connectivity index (χ1n) is 5.78. The highest BCUT2D eigenvalue weighted by molar-refractivity contribution is 5.36. The summed E-state index contributed by atoms with van der Waals surface area (Å²) in [6.07, 6.45) is 5.10. The Bertz CT molecular complexity index is 498. The summed E-state index contributed by atoms with van der Waals surface area (Å²) in [5.41, 5.74) is 0.785. The molecule has 0 aliphatic carbocycles. The summed E-state index contributed by atoms with van der Waals surface area (Å²) < 4.78 is 1.85. The molecule has 2 aromatic rings. The van der Waals surface area contributed by atoms with Gasteiger partial charge in [0.25, 0.3) is 0 Å². The van der Waals surface area contributed by atoms with Crippen LogP contribution in [0.15, 0.2) is 18.3 Å². The molecule has 16 heavy (non-hydrogen) atoms. The molecule has 5 heteroatoms. The van der Waals surface area contributed by atoms with Gasteiger partial charge in [-0.2, -0.15) is 9.61 Å². The second kappa shape index (κ2) is 3.52. The number of fused-ring (bicyclic) bond motifs is 1. The molecule has 5 nitrogen and oxygen atoms in total. The Labute approximate surface area is 93.9 Å². The van der Waals surface area contributed by atoms with Gasteiger partial charge < -0.3 is 5.32 Å². The van der Waals surface area contributed by atoms with Crippen LogP contribution in [0.4, 0.5) is 0 Å². The van der Waals surface area contributed by atoms with Crippen LogP contribution in [0.25, 0.3) is 5.65 Å². The van der Waals surface area contributed by atoms with Gasteiger partial charge in [0.15, 0.2) is 11.5 Å². The Hall–Kier alpha value is -1.49. The van der Waals surface area contributed by atoms with E-state index in [0.29, 0.717) is 0 Å². The largest absolute Gasteiger partial charge is 0.305 e. The fraction of sp³-hybridized carbons (Fsp3) is 0.545. The first kappa shape index (κ1) is 9.72. The summed E-state index contributed by atoms with van der Waals surface area (Å²) >= 11 is 0. The highest BCUT2D eigenvalue weighted by atomic mass is 15.4. The predicted octanol–water partition coefficient (Wildman–Crippen LogP) is 1.11. The van der Waals surface area contributed by atoms with Crippen molar-refractivity contribution in [3.8, 4) is 0 Å². The lowest BCUT2D eigenvalue weighted by atomic mass is 9.93. The lowest BCUT2D eigenvalue weighted by molar-refractivity contribution is 0.345. The summed E-state index contributed by atoms with van der Waals surface area (Å²) in [7, 11) is 0. The standard InChI is InChI=1S/C11H15N5/c1-2-11(6-4-7-12-11)10-15-14-9-5-3-8-13-16(9)10/h3,5,8,12H,2,4,6-7H2,1H3. The van der Waals surface area contributed by atoms with Crippen LogP contribution in [0.1, 0.15) is 32.0 Å². The van der Waals surface area contributed by atoms with Crippen molar-refractivity contribution < 1.29 is 0 Å². The van der Waals surface area contributed by atoms with Crippen LogP contribution < -0.4 is 5.32 Å². The Morgan fingerprint density at radius 2 is 2.44 bits per heavy atom. The van der Waals surface area contributed by atoms with Gasteiger partial charge in [0, 0.05) is 6.20 Å². The maximum atomic E-state index is 4.33. The van der Waals surface area contributed by atoms with E-state index in [-0.39, 0.29) is 5.54 Å². The van der Waals surface area contributed by atoms with Crippen LogP contribution in [-0.4, -0.2) is 26.4 Å². The van der Waals surface area contributed by atoms with Gasteiger partial charge in [-0.1, -0.05) is 6.92 Å². The Kier molecular flexibility index (Phi) is 2.14. The first-order chi connectivity index (χ1) is 7.86. The molecule has 3 rings (SSSR count). The van der Waals surface area contributed by atoms with Crippen molar-refractivity contribution in [2.75, 3.05) is 6.54 Å². The van der Waals surface area contributed by atoms with Gasteiger partial charge >= 0.3 is 0 Å². The van der Waals surface area contributed by atoms with E-state index in [2.05, 4.69) is 27.5 Å². The van der Waals surface area contributed by atoms with E-state index in [1.165, 1.54) is 6.42 Å². The fourth-order valence-corrected chi connectivity index (χ4v) is 2.50. The average Bonchev–Trinajstić information content (AvgIpc) is 2.96. The summed E-state index contributed by atoms with van der Waals surface area (Å²) in [4.78, 5) is 0. The zero-order chi connectivity index (χ0) is 11.0. The van der Waals surface area contributed by atoms with Crippen LogP contribution in [-0.2, 0) is 5.54 Å². The van der Waals surface area contributed by atoms with Crippen molar-refractivity contribution >= 4 is 5.65 Å². The van der Waals surface area contributed by atoms with Crippen LogP contribution in [0, 0.1) is 0 Å². The number of hydrogen-bond acceptors (Lipinski definition) is 4. The number of rotatable bonds is 2. The molecule has 0 aromatic carbocycles. The second-order valence-corrected chi connectivity index (χ2v) is 4.28. The first-order valence-corrected chi connectivity index (χ1v) is 5.78. The van der Waals surface area contributed by atoms with Crippen LogP contribution in [0.2, 0.25) is 0 Å². The van der Waals surface area contributed by atoms with Gasteiger partial charge in [0.1, 0.15) is 0 Å². The number of nitrogens with one attached hydrogen (secondary N) is 1. The molecular formula is C11H15N5. The summed E-state index contributed by atoms with van der Waals surface area (Å²) in [6.45, 7) is 3.23. The van der Waals surface area contributed by atoms with E-state index in [1.54, 1.807) is 6.20 Å². The highest BCUT2D eigenvalue weighted by Gasteiger charge is 2.38. The molecular weight excluding hydrogens is 202 g/mol. The van der Waals surface area contributed by atoms with E-state index >= 15 is 0 Å². The second-order valence-electron chi connectivity index (χ2n) is 4.28. The van der Waals surface area contributed by atoms with Gasteiger partial charge in [-0.15, -0.1) is 10.2 Å². The van der Waals surface area contributed by atoms with E-state index in [9.17, 15) is 0 Å². The highest BCUT2D eigenvalue weighted by Crippen LogP contribution is 2.32. The molecule has 3 heterocycles. The normalized spacial score (nSPS) is 25.3. The van der Waals surface area contributed by atoms with Crippen molar-refractivity contribution in [3.05, 3.63) is 24.2 Å². The lowest BCUT2D eigenvalue weighted by Crippen LogP contribution is -2.38. The van der Waals surface area contributed by atoms with Crippen molar-refractivity contribution in [1.82, 2.24) is 25.1 Å². The molecule has 0 spiro atoms. The molecule has 0 radical (unpaired) electrons. The molecule has 1 N–H and O–H groups in total. The van der Waals surface area contributed by atoms with Gasteiger partial charge in [-0.25, -0.2) is 0 Å². The maximum Gasteiger partial charge on any atom is 0.177 e. The monoisotopic (exact) mass is 217 g/mol. The molecule has 1 saturated heterocycles. The van der Waals surface area contributed by atoms with E-state index < -0.39 is 0 Å². The number of aromatic nitrogens is 4. The van der Waals surface area contributed by atoms with Crippen molar-refractivity contribution in [1.29, 1.82) is 0 Å². The summed E-state index contributed by atoms with van der Waals surface area (Å²) in [6, 6.07) is 3.82. The van der Waals surface area contributed by atoms with Gasteiger partial charge in [0.2, 0.25) is 0 Å². The summed E-state index contributed by atoms with van der Waals surface area (Å²) in [5, 5.41) is 16.4. The fourth-order valence-electron chi connectivity index (χ4n) is 2.50. The predicted molar refractivity (Wildman–Crippen MR) is 60.0 cm³/mol. The smallest absolute Gasteiger partial charge is 0.177 e. The zero-order valence-corrected chi connectivity index (χ0v) is 9.35. The minimum atomic E-state index is -0.0340. The van der Waals surface area contributed by atoms with Gasteiger partial charge in [0.05, 0.1) is 5.54 Å².